The second kappa shape index (κ2) is 8.39. The zero-order valence-electron chi connectivity index (χ0n) is 20.7. The van der Waals surface area contributed by atoms with E-state index in [1.165, 1.54) is 9.80 Å². The van der Waals surface area contributed by atoms with Gasteiger partial charge in [0.05, 0.1) is 11.8 Å². The normalized spacial score (nSPS) is 32.7. The minimum atomic E-state index is -1.26. The predicted octanol–water partition coefficient (Wildman–Crippen LogP) is 3.51. The van der Waals surface area contributed by atoms with Gasteiger partial charge in [-0.05, 0) is 50.5 Å². The van der Waals surface area contributed by atoms with E-state index in [-0.39, 0.29) is 30.0 Å². The first-order valence-corrected chi connectivity index (χ1v) is 13.1. The Morgan fingerprint density at radius 3 is 2.44 bits per heavy atom. The van der Waals surface area contributed by atoms with Crippen molar-refractivity contribution in [2.75, 3.05) is 13.1 Å². The van der Waals surface area contributed by atoms with Gasteiger partial charge >= 0.3 is 6.09 Å². The monoisotopic (exact) mass is 489 g/mol. The molecule has 8 nitrogen and oxygen atoms in total. The number of amides is 4. The van der Waals surface area contributed by atoms with Crippen LogP contribution < -0.4 is 0 Å². The standard InChI is InChI=1S/C28H31N3O5/c1-3-18-19-12-13-20-21(25(34)30(4-2)23(20)32)22(19)28(14-16-8-6-5-7-9-16)26(29-15-17-10-11-17)36-27(35)31(28)24(18)33/h5-9,17,20-22H,3-4,10-15H2,1-2H3/t20-,21-,22+,28+/m1/s1. The Labute approximate surface area is 210 Å². The summed E-state index contributed by atoms with van der Waals surface area (Å²) in [5.41, 5.74) is 1.12. The van der Waals surface area contributed by atoms with Crippen LogP contribution in [0.3, 0.4) is 0 Å². The largest absolute Gasteiger partial charge is 0.424 e. The van der Waals surface area contributed by atoms with Gasteiger partial charge in [-0.3, -0.25) is 24.3 Å². The van der Waals surface area contributed by atoms with Gasteiger partial charge in [-0.15, -0.1) is 0 Å². The minimum Gasteiger partial charge on any atom is -0.393 e. The molecule has 4 atom stereocenters. The molecule has 0 radical (unpaired) electrons. The summed E-state index contributed by atoms with van der Waals surface area (Å²) in [7, 11) is 0. The maximum Gasteiger partial charge on any atom is 0.424 e. The maximum absolute atomic E-state index is 13.9. The summed E-state index contributed by atoms with van der Waals surface area (Å²) in [4.78, 5) is 61.7. The van der Waals surface area contributed by atoms with E-state index in [2.05, 4.69) is 0 Å². The highest BCUT2D eigenvalue weighted by Gasteiger charge is 2.70. The lowest BCUT2D eigenvalue weighted by Crippen LogP contribution is -2.65. The third kappa shape index (κ3) is 3.15. The highest BCUT2D eigenvalue weighted by molar-refractivity contribution is 6.17. The van der Waals surface area contributed by atoms with Crippen LogP contribution in [0.2, 0.25) is 0 Å². The maximum atomic E-state index is 13.9. The van der Waals surface area contributed by atoms with Gasteiger partial charge in [-0.25, -0.2) is 9.69 Å². The van der Waals surface area contributed by atoms with Gasteiger partial charge in [0.2, 0.25) is 17.7 Å². The molecule has 0 spiro atoms. The Kier molecular flexibility index (Phi) is 5.39. The molecular weight excluding hydrogens is 458 g/mol. The summed E-state index contributed by atoms with van der Waals surface area (Å²) < 4.78 is 5.82. The van der Waals surface area contributed by atoms with Gasteiger partial charge in [-0.1, -0.05) is 42.8 Å². The van der Waals surface area contributed by atoms with Crippen LogP contribution in [0.15, 0.2) is 46.5 Å². The van der Waals surface area contributed by atoms with Gasteiger partial charge in [0.15, 0.2) is 0 Å². The summed E-state index contributed by atoms with van der Waals surface area (Å²) in [6.07, 6.45) is 3.23. The van der Waals surface area contributed by atoms with Crippen LogP contribution in [-0.2, 0) is 25.5 Å². The van der Waals surface area contributed by atoms with Gasteiger partial charge < -0.3 is 4.74 Å². The molecule has 3 aliphatic heterocycles. The lowest BCUT2D eigenvalue weighted by Gasteiger charge is -2.50. The number of imide groups is 2. The Morgan fingerprint density at radius 1 is 1.03 bits per heavy atom. The van der Waals surface area contributed by atoms with Crippen molar-refractivity contribution >= 4 is 29.7 Å². The molecule has 1 aromatic rings. The minimum absolute atomic E-state index is 0.148. The Balaban J connectivity index is 1.60. The fourth-order valence-electron chi connectivity index (χ4n) is 6.93. The number of hydrogen-bond donors (Lipinski definition) is 0. The summed E-state index contributed by atoms with van der Waals surface area (Å²) >= 11 is 0. The van der Waals surface area contributed by atoms with Crippen molar-refractivity contribution in [3.8, 4) is 0 Å². The van der Waals surface area contributed by atoms with Crippen LogP contribution in [0, 0.1) is 23.7 Å². The molecule has 0 bridgehead atoms. The number of rotatable bonds is 6. The molecule has 0 aromatic heterocycles. The lowest BCUT2D eigenvalue weighted by atomic mass is 9.58. The van der Waals surface area contributed by atoms with Crippen LogP contribution >= 0.6 is 0 Å². The number of likely N-dealkylation sites (tertiary alicyclic amines) is 1. The van der Waals surface area contributed by atoms with Gasteiger partial charge in [0.1, 0.15) is 5.54 Å². The van der Waals surface area contributed by atoms with E-state index in [1.54, 1.807) is 0 Å². The molecule has 6 rings (SSSR count). The van der Waals surface area contributed by atoms with E-state index in [4.69, 9.17) is 9.73 Å². The van der Waals surface area contributed by atoms with Gasteiger partial charge in [0, 0.05) is 31.0 Å². The van der Waals surface area contributed by atoms with E-state index >= 15 is 0 Å². The molecule has 0 N–H and O–H groups in total. The van der Waals surface area contributed by atoms with E-state index in [9.17, 15) is 19.2 Å². The van der Waals surface area contributed by atoms with Crippen molar-refractivity contribution in [2.45, 2.75) is 57.9 Å². The average Bonchev–Trinajstić information content (AvgIpc) is 3.61. The molecule has 4 amide bonds. The first-order chi connectivity index (χ1) is 17.4. The number of cyclic esters (lactones) is 1. The van der Waals surface area contributed by atoms with E-state index in [1.807, 2.05) is 44.2 Å². The van der Waals surface area contributed by atoms with Crippen molar-refractivity contribution in [1.82, 2.24) is 9.80 Å². The van der Waals surface area contributed by atoms with Crippen molar-refractivity contribution in [2.24, 2.45) is 28.7 Å². The quantitative estimate of drug-likeness (QED) is 0.570. The molecule has 4 fully saturated rings. The van der Waals surface area contributed by atoms with Crippen LogP contribution in [0.4, 0.5) is 4.79 Å². The van der Waals surface area contributed by atoms with Crippen molar-refractivity contribution in [3.05, 3.63) is 47.0 Å². The number of aliphatic imine (C=N–C) groups is 1. The fourth-order valence-corrected chi connectivity index (χ4v) is 6.93. The fraction of sp³-hybridized carbons (Fsp3) is 0.536. The average molecular weight is 490 g/mol. The van der Waals surface area contributed by atoms with Crippen molar-refractivity contribution < 1.29 is 23.9 Å². The summed E-state index contributed by atoms with van der Waals surface area (Å²) in [5, 5.41) is 0. The molecule has 3 heterocycles. The first-order valence-electron chi connectivity index (χ1n) is 13.1. The smallest absolute Gasteiger partial charge is 0.393 e. The number of benzene rings is 1. The topological polar surface area (TPSA) is 96.3 Å². The number of ether oxygens (including phenoxy) is 1. The molecule has 5 aliphatic rings. The lowest BCUT2D eigenvalue weighted by molar-refractivity contribution is -0.141. The molecule has 8 heteroatoms. The van der Waals surface area contributed by atoms with E-state index < -0.39 is 29.4 Å². The van der Waals surface area contributed by atoms with Gasteiger partial charge in [0.25, 0.3) is 5.91 Å². The third-order valence-corrected chi connectivity index (χ3v) is 8.70. The Morgan fingerprint density at radius 2 is 1.78 bits per heavy atom. The van der Waals surface area contributed by atoms with E-state index in [0.29, 0.717) is 43.8 Å². The highest BCUT2D eigenvalue weighted by Crippen LogP contribution is 2.57. The van der Waals surface area contributed by atoms with Crippen molar-refractivity contribution in [1.29, 1.82) is 0 Å². The zero-order chi connectivity index (χ0) is 25.2. The molecule has 2 saturated carbocycles. The Hall–Kier alpha value is -3.29. The van der Waals surface area contributed by atoms with Crippen LogP contribution in [0.5, 0.6) is 0 Å². The summed E-state index contributed by atoms with van der Waals surface area (Å²) in [6, 6.07) is 9.66. The second-order valence-corrected chi connectivity index (χ2v) is 10.6. The molecule has 2 aliphatic carbocycles. The van der Waals surface area contributed by atoms with E-state index in [0.717, 1.165) is 24.0 Å². The van der Waals surface area contributed by atoms with Crippen molar-refractivity contribution in [3.63, 3.8) is 0 Å². The van der Waals surface area contributed by atoms with Crippen LogP contribution in [0.1, 0.15) is 51.5 Å². The van der Waals surface area contributed by atoms with Gasteiger partial charge in [-0.2, -0.15) is 0 Å². The summed E-state index contributed by atoms with van der Waals surface area (Å²) in [6.45, 7) is 4.54. The second-order valence-electron chi connectivity index (χ2n) is 10.6. The predicted molar refractivity (Wildman–Crippen MR) is 131 cm³/mol. The number of fused-ring (bicyclic) bond motifs is 5. The van der Waals surface area contributed by atoms with Crippen LogP contribution in [-0.4, -0.2) is 58.1 Å². The highest BCUT2D eigenvalue weighted by atomic mass is 16.6. The Bertz CT molecular complexity index is 1220. The SMILES string of the molecule is CCC1=C2CC[C@H]3C(=O)N(CC)C(=O)[C@H]3[C@H]2[C@@]2(Cc3ccccc3)C(=NCC3CC3)OC(=O)N2C1=O. The number of hydrogen-bond acceptors (Lipinski definition) is 6. The first kappa shape index (κ1) is 23.1. The zero-order valence-corrected chi connectivity index (χ0v) is 20.7. The number of carbonyl (C=O) groups excluding carboxylic acids is 4. The molecule has 1 aromatic carbocycles. The molecule has 36 heavy (non-hydrogen) atoms. The number of nitrogens with zero attached hydrogens (tertiary/aromatic N) is 3. The van der Waals surface area contributed by atoms with Crippen LogP contribution in [0.25, 0.3) is 0 Å². The molecule has 2 saturated heterocycles. The number of carbonyl (C=O) groups is 4. The molecule has 188 valence electrons. The molecule has 0 unspecified atom stereocenters. The summed E-state index contributed by atoms with van der Waals surface area (Å²) in [5.74, 6) is -1.70. The third-order valence-electron chi connectivity index (χ3n) is 8.70. The molecular formula is C28H31N3O5.